The summed E-state index contributed by atoms with van der Waals surface area (Å²) >= 11 is 17.8. The van der Waals surface area contributed by atoms with Crippen LogP contribution in [0.4, 0.5) is 0 Å². The Bertz CT molecular complexity index is 1700. The van der Waals surface area contributed by atoms with E-state index in [2.05, 4.69) is 6.07 Å². The van der Waals surface area contributed by atoms with Gasteiger partial charge in [-0.05, 0) is 61.0 Å². The van der Waals surface area contributed by atoms with Gasteiger partial charge in [-0.3, -0.25) is 9.59 Å². The predicted molar refractivity (Wildman–Crippen MR) is 157 cm³/mol. The number of aryl methyl sites for hydroxylation is 1. The molecule has 0 N–H and O–H groups in total. The van der Waals surface area contributed by atoms with E-state index in [4.69, 9.17) is 34.8 Å². The molecule has 0 aliphatic rings. The van der Waals surface area contributed by atoms with Crippen LogP contribution in [0.25, 0.3) is 40.3 Å². The first-order valence-corrected chi connectivity index (χ1v) is 13.5. The Balaban J connectivity index is 0.000000144. The van der Waals surface area contributed by atoms with Gasteiger partial charge in [0.05, 0.1) is 0 Å². The number of fused-ring (bicyclic) bond motifs is 4. The fourth-order valence-corrected chi connectivity index (χ4v) is 5.90. The fraction of sp³-hybridized carbons (Fsp3) is 0.0714. The van der Waals surface area contributed by atoms with Crippen LogP contribution in [0.5, 0.6) is 0 Å². The molecule has 4 aromatic carbocycles. The van der Waals surface area contributed by atoms with Crippen LogP contribution in [0.15, 0.2) is 101 Å². The topological polar surface area (TPSA) is 34.1 Å². The van der Waals surface area contributed by atoms with Crippen LogP contribution in [0.2, 0.25) is 0 Å². The standard InChI is InChI=1S/C14H10OS.C13H8OS.CHCl3/c1-9-6-7-11-13(8-9)16-12-5-3-2-4-10(12)14(11)15;14-13-9-5-1-3-7-11(9)15-12-8-4-2-6-10(12)13;2-1(3)4/h2-8H,1H3;1-8H;1H. The fourth-order valence-electron chi connectivity index (χ4n) is 3.66. The molecular formula is C28H19Cl3O2S2. The van der Waals surface area contributed by atoms with E-state index in [0.717, 1.165) is 40.3 Å². The van der Waals surface area contributed by atoms with Crippen molar-refractivity contribution in [2.75, 3.05) is 0 Å². The van der Waals surface area contributed by atoms with Crippen molar-refractivity contribution >= 4 is 97.8 Å². The van der Waals surface area contributed by atoms with Crippen LogP contribution < -0.4 is 10.9 Å². The lowest BCUT2D eigenvalue weighted by atomic mass is 10.1. The molecule has 0 atom stereocenters. The molecule has 0 fully saturated rings. The summed E-state index contributed by atoms with van der Waals surface area (Å²) in [7, 11) is 0. The SMILES string of the molecule is Cc1ccc2c(=O)c3ccccc3sc2c1.ClC(Cl)Cl.O=c1c2ccccc2sc2ccccc12. The summed E-state index contributed by atoms with van der Waals surface area (Å²) in [6, 6.07) is 29.3. The van der Waals surface area contributed by atoms with E-state index in [0.29, 0.717) is 0 Å². The Morgan fingerprint density at radius 1 is 0.543 bits per heavy atom. The van der Waals surface area contributed by atoms with Crippen molar-refractivity contribution in [3.8, 4) is 0 Å². The first kappa shape index (κ1) is 25.6. The lowest BCUT2D eigenvalue weighted by Crippen LogP contribution is -2.00. The van der Waals surface area contributed by atoms with Crippen molar-refractivity contribution in [1.29, 1.82) is 0 Å². The maximum Gasteiger partial charge on any atom is 0.195 e. The second kappa shape index (κ2) is 11.5. The van der Waals surface area contributed by atoms with Gasteiger partial charge < -0.3 is 0 Å². The number of hydrogen-bond donors (Lipinski definition) is 0. The predicted octanol–water partition coefficient (Wildman–Crippen LogP) is 9.12. The van der Waals surface area contributed by atoms with E-state index in [1.807, 2.05) is 91.9 Å². The zero-order valence-corrected chi connectivity index (χ0v) is 22.4. The molecule has 35 heavy (non-hydrogen) atoms. The van der Waals surface area contributed by atoms with Crippen LogP contribution >= 0.6 is 57.5 Å². The second-order valence-electron chi connectivity index (χ2n) is 7.60. The van der Waals surface area contributed by atoms with Crippen LogP contribution in [-0.4, -0.2) is 4.30 Å². The number of halogens is 3. The normalized spacial score (nSPS) is 10.8. The Morgan fingerprint density at radius 3 is 1.31 bits per heavy atom. The van der Waals surface area contributed by atoms with Crippen LogP contribution in [-0.2, 0) is 0 Å². The summed E-state index contributed by atoms with van der Waals surface area (Å²) in [6.07, 6.45) is 0. The van der Waals surface area contributed by atoms with Gasteiger partial charge in [0.1, 0.15) is 0 Å². The Kier molecular flexibility index (Phi) is 8.42. The molecule has 0 spiro atoms. The highest BCUT2D eigenvalue weighted by atomic mass is 35.6. The van der Waals surface area contributed by atoms with E-state index < -0.39 is 4.30 Å². The van der Waals surface area contributed by atoms with Crippen molar-refractivity contribution in [3.05, 3.63) is 117 Å². The van der Waals surface area contributed by atoms with Crippen LogP contribution in [0, 0.1) is 6.92 Å². The quantitative estimate of drug-likeness (QED) is 0.138. The molecule has 2 heterocycles. The molecule has 0 bridgehead atoms. The van der Waals surface area contributed by atoms with Crippen LogP contribution in [0.1, 0.15) is 5.56 Å². The molecule has 0 aliphatic heterocycles. The zero-order valence-electron chi connectivity index (χ0n) is 18.5. The van der Waals surface area contributed by atoms with Gasteiger partial charge in [0.25, 0.3) is 0 Å². The van der Waals surface area contributed by atoms with Gasteiger partial charge in [0.15, 0.2) is 15.2 Å². The van der Waals surface area contributed by atoms with Gasteiger partial charge in [-0.25, -0.2) is 0 Å². The first-order chi connectivity index (χ1) is 16.8. The number of rotatable bonds is 0. The van der Waals surface area contributed by atoms with Gasteiger partial charge in [0.2, 0.25) is 0 Å². The third-order valence-electron chi connectivity index (χ3n) is 5.22. The van der Waals surface area contributed by atoms with E-state index >= 15 is 0 Å². The summed E-state index contributed by atoms with van der Waals surface area (Å²) in [6.45, 7) is 2.05. The van der Waals surface area contributed by atoms with Crippen molar-refractivity contribution < 1.29 is 0 Å². The third-order valence-corrected chi connectivity index (χ3v) is 7.50. The van der Waals surface area contributed by atoms with Gasteiger partial charge in [0, 0.05) is 40.3 Å². The maximum atomic E-state index is 12.2. The Labute approximate surface area is 224 Å². The lowest BCUT2D eigenvalue weighted by Gasteiger charge is -2.01. The van der Waals surface area contributed by atoms with Gasteiger partial charge in [-0.15, -0.1) is 22.7 Å². The van der Waals surface area contributed by atoms with Crippen molar-refractivity contribution in [3.63, 3.8) is 0 Å². The van der Waals surface area contributed by atoms with E-state index in [9.17, 15) is 9.59 Å². The summed E-state index contributed by atoms with van der Waals surface area (Å²) < 4.78 is 3.50. The molecule has 2 aromatic heterocycles. The molecule has 2 nitrogen and oxygen atoms in total. The summed E-state index contributed by atoms with van der Waals surface area (Å²) in [4.78, 5) is 24.3. The molecule has 7 heteroatoms. The highest BCUT2D eigenvalue weighted by molar-refractivity contribution is 7.24. The summed E-state index contributed by atoms with van der Waals surface area (Å²) in [5.41, 5.74) is 1.47. The van der Waals surface area contributed by atoms with Gasteiger partial charge >= 0.3 is 0 Å². The Morgan fingerprint density at radius 2 is 0.886 bits per heavy atom. The van der Waals surface area contributed by atoms with E-state index in [1.54, 1.807) is 22.7 Å². The smallest absolute Gasteiger partial charge is 0.195 e. The minimum atomic E-state index is -0.750. The van der Waals surface area contributed by atoms with E-state index in [-0.39, 0.29) is 10.9 Å². The average molecular weight is 558 g/mol. The highest BCUT2D eigenvalue weighted by Crippen LogP contribution is 2.25. The van der Waals surface area contributed by atoms with Crippen molar-refractivity contribution in [2.24, 2.45) is 0 Å². The van der Waals surface area contributed by atoms with Crippen LogP contribution in [0.3, 0.4) is 0 Å². The maximum absolute atomic E-state index is 12.2. The molecule has 0 saturated heterocycles. The number of benzene rings is 4. The molecule has 6 rings (SSSR count). The average Bonchev–Trinajstić information content (AvgIpc) is 2.84. The van der Waals surface area contributed by atoms with Gasteiger partial charge in [-0.2, -0.15) is 0 Å². The lowest BCUT2D eigenvalue weighted by molar-refractivity contribution is 1.51. The minimum absolute atomic E-state index is 0.139. The second-order valence-corrected chi connectivity index (χ2v) is 11.7. The summed E-state index contributed by atoms with van der Waals surface area (Å²) in [5, 5.41) is 3.29. The zero-order chi connectivity index (χ0) is 24.9. The van der Waals surface area contributed by atoms with E-state index in [1.165, 1.54) is 5.56 Å². The Hall–Kier alpha value is -2.47. The molecule has 0 saturated carbocycles. The van der Waals surface area contributed by atoms with Crippen molar-refractivity contribution in [1.82, 2.24) is 0 Å². The molecule has 0 aliphatic carbocycles. The van der Waals surface area contributed by atoms with Crippen molar-refractivity contribution in [2.45, 2.75) is 11.2 Å². The molecule has 0 amide bonds. The number of alkyl halides is 3. The number of hydrogen-bond acceptors (Lipinski definition) is 4. The largest absolute Gasteiger partial charge is 0.289 e. The molecular weight excluding hydrogens is 539 g/mol. The molecule has 0 unspecified atom stereocenters. The molecule has 6 aromatic rings. The minimum Gasteiger partial charge on any atom is -0.289 e. The summed E-state index contributed by atoms with van der Waals surface area (Å²) in [5.74, 6) is 0. The molecule has 0 radical (unpaired) electrons. The third kappa shape index (κ3) is 6.03. The monoisotopic (exact) mass is 556 g/mol. The highest BCUT2D eigenvalue weighted by Gasteiger charge is 2.05. The first-order valence-electron chi connectivity index (χ1n) is 10.6. The van der Waals surface area contributed by atoms with Gasteiger partial charge in [-0.1, -0.05) is 77.3 Å². The molecule has 176 valence electrons.